The summed E-state index contributed by atoms with van der Waals surface area (Å²) in [7, 11) is 1.66. The summed E-state index contributed by atoms with van der Waals surface area (Å²) in [6, 6.07) is 18.0. The van der Waals surface area contributed by atoms with Crippen LogP contribution in [0.3, 0.4) is 0 Å². The number of hydrogen-bond acceptors (Lipinski definition) is 4. The van der Waals surface area contributed by atoms with Crippen molar-refractivity contribution in [3.05, 3.63) is 71.4 Å². The predicted octanol–water partition coefficient (Wildman–Crippen LogP) is 3.99. The smallest absolute Gasteiger partial charge is 0.202 e. The quantitative estimate of drug-likeness (QED) is 0.731. The fraction of sp³-hybridized carbons (Fsp3) is 0.211. The number of methoxy groups -OCH3 is 1. The molecule has 1 unspecified atom stereocenters. The van der Waals surface area contributed by atoms with E-state index in [1.165, 1.54) is 0 Å². The molecule has 1 atom stereocenters. The summed E-state index contributed by atoms with van der Waals surface area (Å²) in [6.45, 7) is 0.992. The number of rotatable bonds is 4. The fourth-order valence-corrected chi connectivity index (χ4v) is 2.80. The first-order valence-corrected chi connectivity index (χ1v) is 7.58. The minimum absolute atomic E-state index is 0.416. The van der Waals surface area contributed by atoms with Gasteiger partial charge in [-0.05, 0) is 29.8 Å². The highest BCUT2D eigenvalue weighted by atomic mass is 16.7. The summed E-state index contributed by atoms with van der Waals surface area (Å²) >= 11 is 0. The lowest BCUT2D eigenvalue weighted by molar-refractivity contribution is -0.147. The van der Waals surface area contributed by atoms with Crippen LogP contribution in [0.25, 0.3) is 10.9 Å². The van der Waals surface area contributed by atoms with E-state index >= 15 is 0 Å². The summed E-state index contributed by atoms with van der Waals surface area (Å²) in [4.78, 5) is 4.71. The number of fused-ring (bicyclic) bond motifs is 2. The third-order valence-corrected chi connectivity index (χ3v) is 3.99. The number of hydrogen-bond donors (Lipinski definition) is 0. The molecule has 23 heavy (non-hydrogen) atoms. The molecule has 1 aliphatic heterocycles. The second-order valence-corrected chi connectivity index (χ2v) is 5.53. The highest BCUT2D eigenvalue weighted by Gasteiger charge is 2.26. The Kier molecular flexibility index (Phi) is 3.69. The van der Waals surface area contributed by atoms with Gasteiger partial charge in [0.25, 0.3) is 0 Å². The van der Waals surface area contributed by atoms with Crippen molar-refractivity contribution in [2.45, 2.75) is 19.5 Å². The van der Waals surface area contributed by atoms with Crippen molar-refractivity contribution in [3.63, 3.8) is 0 Å². The van der Waals surface area contributed by atoms with Gasteiger partial charge in [0.1, 0.15) is 11.4 Å². The van der Waals surface area contributed by atoms with Crippen molar-refractivity contribution >= 4 is 10.9 Å². The number of para-hydroxylation sites is 1. The summed E-state index contributed by atoms with van der Waals surface area (Å²) in [5, 5.41) is 1.13. The molecule has 0 amide bonds. The van der Waals surface area contributed by atoms with Crippen molar-refractivity contribution < 1.29 is 14.2 Å². The van der Waals surface area contributed by atoms with Gasteiger partial charge in [0.15, 0.2) is 0 Å². The molecule has 4 rings (SSSR count). The topological polar surface area (TPSA) is 40.6 Å². The molecule has 0 fully saturated rings. The Morgan fingerprint density at radius 3 is 2.96 bits per heavy atom. The van der Waals surface area contributed by atoms with E-state index in [9.17, 15) is 0 Å². The summed E-state index contributed by atoms with van der Waals surface area (Å²) in [6.07, 6.45) is -0.416. The Labute approximate surface area is 134 Å². The van der Waals surface area contributed by atoms with Gasteiger partial charge in [-0.1, -0.05) is 30.3 Å². The number of aromatic nitrogens is 1. The molecule has 2 heterocycles. The van der Waals surface area contributed by atoms with Crippen LogP contribution in [-0.2, 0) is 22.7 Å². The normalized spacial score (nSPS) is 16.5. The van der Waals surface area contributed by atoms with Crippen molar-refractivity contribution in [3.8, 4) is 5.75 Å². The summed E-state index contributed by atoms with van der Waals surface area (Å²) in [5.74, 6) is 0.822. The molecule has 1 aliphatic rings. The molecule has 0 aliphatic carbocycles. The van der Waals surface area contributed by atoms with Gasteiger partial charge in [-0.2, -0.15) is 0 Å². The first kappa shape index (κ1) is 14.2. The molecule has 2 aromatic carbocycles. The van der Waals surface area contributed by atoms with E-state index in [1.807, 2.05) is 42.5 Å². The molecule has 0 spiro atoms. The second kappa shape index (κ2) is 5.99. The average molecular weight is 307 g/mol. The Bertz CT molecular complexity index is 847. The lowest BCUT2D eigenvalue weighted by Crippen LogP contribution is -2.04. The van der Waals surface area contributed by atoms with E-state index in [0.29, 0.717) is 13.2 Å². The zero-order chi connectivity index (χ0) is 15.6. The monoisotopic (exact) mass is 307 g/mol. The van der Waals surface area contributed by atoms with E-state index in [4.69, 9.17) is 19.2 Å². The highest BCUT2D eigenvalue weighted by Crippen LogP contribution is 2.33. The van der Waals surface area contributed by atoms with Crippen molar-refractivity contribution in [2.24, 2.45) is 0 Å². The van der Waals surface area contributed by atoms with E-state index < -0.39 is 6.29 Å². The molecular weight excluding hydrogens is 290 g/mol. The van der Waals surface area contributed by atoms with Crippen LogP contribution in [0.4, 0.5) is 0 Å². The molecule has 3 aromatic rings. The third kappa shape index (κ3) is 2.79. The van der Waals surface area contributed by atoms with E-state index in [2.05, 4.69) is 12.1 Å². The zero-order valence-electron chi connectivity index (χ0n) is 12.9. The van der Waals surface area contributed by atoms with Gasteiger partial charge >= 0.3 is 0 Å². The van der Waals surface area contributed by atoms with Gasteiger partial charge in [-0.15, -0.1) is 0 Å². The van der Waals surface area contributed by atoms with Crippen molar-refractivity contribution in [1.82, 2.24) is 4.98 Å². The molecule has 4 nitrogen and oxygen atoms in total. The lowest BCUT2D eigenvalue weighted by Gasteiger charge is -2.13. The maximum absolute atomic E-state index is 5.92. The highest BCUT2D eigenvalue weighted by molar-refractivity contribution is 5.79. The Balaban J connectivity index is 1.55. The van der Waals surface area contributed by atoms with Crippen molar-refractivity contribution in [1.29, 1.82) is 0 Å². The molecule has 0 saturated carbocycles. The first-order chi connectivity index (χ1) is 11.3. The third-order valence-electron chi connectivity index (χ3n) is 3.99. The largest absolute Gasteiger partial charge is 0.497 e. The van der Waals surface area contributed by atoms with Gasteiger partial charge in [-0.3, -0.25) is 0 Å². The van der Waals surface area contributed by atoms with Crippen LogP contribution in [0.15, 0.2) is 54.6 Å². The minimum atomic E-state index is -0.416. The van der Waals surface area contributed by atoms with E-state index in [0.717, 1.165) is 33.5 Å². The maximum atomic E-state index is 5.92. The Hall–Kier alpha value is -2.43. The van der Waals surface area contributed by atoms with Crippen LogP contribution in [0.5, 0.6) is 5.75 Å². The molecule has 0 radical (unpaired) electrons. The van der Waals surface area contributed by atoms with Crippen LogP contribution in [-0.4, -0.2) is 12.1 Å². The van der Waals surface area contributed by atoms with Crippen LogP contribution in [0, 0.1) is 0 Å². The molecule has 4 heteroatoms. The molecule has 0 bridgehead atoms. The minimum Gasteiger partial charge on any atom is -0.497 e. The van der Waals surface area contributed by atoms with Gasteiger partial charge in [0, 0.05) is 10.9 Å². The fourth-order valence-electron chi connectivity index (χ4n) is 2.80. The van der Waals surface area contributed by atoms with Crippen molar-refractivity contribution in [2.75, 3.05) is 7.11 Å². The van der Waals surface area contributed by atoms with E-state index in [-0.39, 0.29) is 0 Å². The Morgan fingerprint density at radius 1 is 1.13 bits per heavy atom. The molecule has 116 valence electrons. The van der Waals surface area contributed by atoms with Crippen LogP contribution in [0.1, 0.15) is 23.1 Å². The maximum Gasteiger partial charge on any atom is 0.202 e. The lowest BCUT2D eigenvalue weighted by atomic mass is 10.1. The Morgan fingerprint density at radius 2 is 2.04 bits per heavy atom. The summed E-state index contributed by atoms with van der Waals surface area (Å²) in [5.41, 5.74) is 3.99. The zero-order valence-corrected chi connectivity index (χ0v) is 12.9. The van der Waals surface area contributed by atoms with E-state index in [1.54, 1.807) is 7.11 Å². The standard InChI is InChI=1S/C19H17NO3/c1-21-16-7-4-5-13(9-16)11-22-19-18-15(12-23-19)10-14-6-2-3-8-17(14)20-18/h2-10,19H,11-12H2,1H3. The molecule has 0 saturated heterocycles. The second-order valence-electron chi connectivity index (χ2n) is 5.53. The first-order valence-electron chi connectivity index (χ1n) is 7.58. The van der Waals surface area contributed by atoms with Gasteiger partial charge in [0.05, 0.1) is 25.8 Å². The number of ether oxygens (including phenoxy) is 3. The van der Waals surface area contributed by atoms with Crippen LogP contribution in [0.2, 0.25) is 0 Å². The number of pyridine rings is 1. The summed E-state index contributed by atoms with van der Waals surface area (Å²) < 4.78 is 16.9. The number of benzene rings is 2. The predicted molar refractivity (Wildman–Crippen MR) is 87.1 cm³/mol. The van der Waals surface area contributed by atoms with Crippen LogP contribution < -0.4 is 4.74 Å². The van der Waals surface area contributed by atoms with Gasteiger partial charge < -0.3 is 14.2 Å². The average Bonchev–Trinajstić information content (AvgIpc) is 3.00. The van der Waals surface area contributed by atoms with Gasteiger partial charge in [-0.25, -0.2) is 4.98 Å². The SMILES string of the molecule is COc1cccc(COC2OCc3cc4ccccc4nc32)c1. The molecular formula is C19H17NO3. The molecule has 0 N–H and O–H groups in total. The van der Waals surface area contributed by atoms with Crippen LogP contribution >= 0.6 is 0 Å². The molecule has 1 aromatic heterocycles. The van der Waals surface area contributed by atoms with Gasteiger partial charge in [0.2, 0.25) is 6.29 Å². The number of nitrogens with zero attached hydrogens (tertiary/aromatic N) is 1.